The van der Waals surface area contributed by atoms with Gasteiger partial charge in [0, 0.05) is 13.2 Å². The summed E-state index contributed by atoms with van der Waals surface area (Å²) in [7, 11) is -2.35. The first-order valence-electron chi connectivity index (χ1n) is 3.62. The van der Waals surface area contributed by atoms with Gasteiger partial charge in [-0.3, -0.25) is 4.79 Å². The van der Waals surface area contributed by atoms with Crippen LogP contribution in [0.25, 0.3) is 0 Å². The number of amides is 1. The predicted molar refractivity (Wildman–Crippen MR) is 62.1 cm³/mol. The van der Waals surface area contributed by atoms with Crippen LogP contribution in [0.1, 0.15) is 0 Å². The second kappa shape index (κ2) is 6.04. The van der Waals surface area contributed by atoms with Crippen LogP contribution in [0.4, 0.5) is 0 Å². The normalized spacial score (nSPS) is 12.1. The fourth-order valence-corrected chi connectivity index (χ4v) is 1.89. The lowest BCUT2D eigenvalue weighted by atomic mass is 10.6. The van der Waals surface area contributed by atoms with Gasteiger partial charge in [0.1, 0.15) is 0 Å². The molecule has 0 aliphatic rings. The molecule has 1 unspecified atom stereocenters. The Bertz CT molecular complexity index is 458. The molecule has 1 heterocycles. The zero-order chi connectivity index (χ0) is 10.9. The standard InChI is InChI=1S/C6H10N4O3S.2ClH/c1-10-2-4(9-3-10)14(12,13)6(8)5(7)11;;/h2-3,6H,8H2,1H3,(H2,7,11);2*1H. The van der Waals surface area contributed by atoms with E-state index in [0.717, 1.165) is 0 Å². The highest BCUT2D eigenvalue weighted by Crippen LogP contribution is 2.09. The highest BCUT2D eigenvalue weighted by molar-refractivity contribution is 7.92. The van der Waals surface area contributed by atoms with Gasteiger partial charge in [0.25, 0.3) is 5.91 Å². The third-order valence-corrected chi connectivity index (χ3v) is 3.28. The van der Waals surface area contributed by atoms with E-state index >= 15 is 0 Å². The maximum absolute atomic E-state index is 11.5. The molecule has 0 saturated carbocycles. The fraction of sp³-hybridized carbons (Fsp3) is 0.333. The summed E-state index contributed by atoms with van der Waals surface area (Å²) in [6, 6.07) is 0. The summed E-state index contributed by atoms with van der Waals surface area (Å²) in [5.74, 6) is -1.10. The van der Waals surface area contributed by atoms with Crippen molar-refractivity contribution in [1.82, 2.24) is 9.55 Å². The second-order valence-electron chi connectivity index (χ2n) is 2.75. The van der Waals surface area contributed by atoms with Crippen LogP contribution in [0, 0.1) is 0 Å². The maximum atomic E-state index is 11.5. The monoisotopic (exact) mass is 290 g/mol. The Balaban J connectivity index is 0. The molecule has 1 atom stereocenters. The van der Waals surface area contributed by atoms with E-state index in [1.807, 2.05) is 0 Å². The Morgan fingerprint density at radius 2 is 2.00 bits per heavy atom. The number of aromatic nitrogens is 2. The Morgan fingerprint density at radius 1 is 1.50 bits per heavy atom. The van der Waals surface area contributed by atoms with Gasteiger partial charge < -0.3 is 16.0 Å². The number of hydrogen-bond donors (Lipinski definition) is 2. The molecule has 4 N–H and O–H groups in total. The molecule has 0 spiro atoms. The van der Waals surface area contributed by atoms with Crippen molar-refractivity contribution in [1.29, 1.82) is 0 Å². The van der Waals surface area contributed by atoms with Crippen molar-refractivity contribution in [2.24, 2.45) is 18.5 Å². The lowest BCUT2D eigenvalue weighted by Crippen LogP contribution is -2.43. The first-order valence-corrected chi connectivity index (χ1v) is 5.17. The highest BCUT2D eigenvalue weighted by Gasteiger charge is 2.30. The van der Waals surface area contributed by atoms with Crippen LogP contribution in [0.2, 0.25) is 0 Å². The van der Waals surface area contributed by atoms with E-state index in [4.69, 9.17) is 11.5 Å². The van der Waals surface area contributed by atoms with E-state index in [0.29, 0.717) is 0 Å². The van der Waals surface area contributed by atoms with Gasteiger partial charge >= 0.3 is 0 Å². The summed E-state index contributed by atoms with van der Waals surface area (Å²) in [5, 5.41) is -2.01. The average molecular weight is 291 g/mol. The smallest absolute Gasteiger partial charge is 0.250 e. The van der Waals surface area contributed by atoms with E-state index < -0.39 is 21.1 Å². The first kappa shape index (κ1) is 17.6. The quantitative estimate of drug-likeness (QED) is 0.725. The molecule has 0 radical (unpaired) electrons. The molecule has 16 heavy (non-hydrogen) atoms. The molecule has 0 saturated heterocycles. The van der Waals surface area contributed by atoms with Gasteiger partial charge in [0.15, 0.2) is 10.4 Å². The number of nitrogens with zero attached hydrogens (tertiary/aromatic N) is 2. The lowest BCUT2D eigenvalue weighted by Gasteiger charge is -2.05. The summed E-state index contributed by atoms with van der Waals surface area (Å²) in [6.45, 7) is 0. The zero-order valence-electron chi connectivity index (χ0n) is 8.23. The number of sulfone groups is 1. The van der Waals surface area contributed by atoms with Crippen LogP contribution in [0.5, 0.6) is 0 Å². The Kier molecular flexibility index (Phi) is 6.63. The fourth-order valence-electron chi connectivity index (χ4n) is 0.819. The van der Waals surface area contributed by atoms with Crippen LogP contribution < -0.4 is 11.5 Å². The van der Waals surface area contributed by atoms with Crippen LogP contribution >= 0.6 is 24.8 Å². The zero-order valence-corrected chi connectivity index (χ0v) is 10.7. The number of halogens is 2. The molecule has 0 bridgehead atoms. The van der Waals surface area contributed by atoms with E-state index in [2.05, 4.69) is 4.98 Å². The number of nitrogens with two attached hydrogens (primary N) is 2. The number of rotatable bonds is 3. The van der Waals surface area contributed by atoms with Crippen LogP contribution in [0.3, 0.4) is 0 Å². The minimum Gasteiger partial charge on any atom is -0.367 e. The van der Waals surface area contributed by atoms with E-state index in [-0.39, 0.29) is 29.8 Å². The summed E-state index contributed by atoms with van der Waals surface area (Å²) in [5.41, 5.74) is 9.91. The minimum atomic E-state index is -3.95. The molecular weight excluding hydrogens is 279 g/mol. The number of aryl methyl sites for hydroxylation is 1. The first-order chi connectivity index (χ1) is 6.35. The van der Waals surface area contributed by atoms with Crippen molar-refractivity contribution < 1.29 is 13.2 Å². The van der Waals surface area contributed by atoms with Gasteiger partial charge in [-0.05, 0) is 0 Å². The number of hydrogen-bond acceptors (Lipinski definition) is 5. The van der Waals surface area contributed by atoms with Crippen molar-refractivity contribution in [3.8, 4) is 0 Å². The summed E-state index contributed by atoms with van der Waals surface area (Å²) < 4.78 is 24.4. The summed E-state index contributed by atoms with van der Waals surface area (Å²) >= 11 is 0. The van der Waals surface area contributed by atoms with Crippen molar-refractivity contribution in [2.45, 2.75) is 10.4 Å². The molecule has 0 aromatic carbocycles. The highest BCUT2D eigenvalue weighted by atomic mass is 35.5. The van der Waals surface area contributed by atoms with Crippen molar-refractivity contribution in [3.05, 3.63) is 12.5 Å². The Morgan fingerprint density at radius 3 is 2.31 bits per heavy atom. The Hall–Kier alpha value is -0.830. The lowest BCUT2D eigenvalue weighted by molar-refractivity contribution is -0.117. The van der Waals surface area contributed by atoms with Gasteiger partial charge in [-0.15, -0.1) is 24.8 Å². The van der Waals surface area contributed by atoms with Crippen LogP contribution in [0.15, 0.2) is 17.6 Å². The molecule has 1 amide bonds. The molecule has 1 aromatic rings. The molecule has 0 aliphatic carbocycles. The van der Waals surface area contributed by atoms with E-state index in [9.17, 15) is 13.2 Å². The molecule has 94 valence electrons. The van der Waals surface area contributed by atoms with Crippen molar-refractivity contribution in [2.75, 3.05) is 0 Å². The second-order valence-corrected chi connectivity index (χ2v) is 4.76. The third kappa shape index (κ3) is 3.34. The largest absolute Gasteiger partial charge is 0.367 e. The average Bonchev–Trinajstić information content (AvgIpc) is 2.50. The van der Waals surface area contributed by atoms with Gasteiger partial charge in [-0.2, -0.15) is 0 Å². The SMILES string of the molecule is Cl.Cl.Cn1cnc(S(=O)(=O)C(N)C(N)=O)c1. The number of imidazole rings is 1. The van der Waals surface area contributed by atoms with Crippen LogP contribution in [-0.2, 0) is 21.7 Å². The van der Waals surface area contributed by atoms with Crippen LogP contribution in [-0.4, -0.2) is 29.2 Å². The maximum Gasteiger partial charge on any atom is 0.250 e. The van der Waals surface area contributed by atoms with Gasteiger partial charge in [-0.25, -0.2) is 13.4 Å². The van der Waals surface area contributed by atoms with E-state index in [1.54, 1.807) is 7.05 Å². The molecule has 10 heteroatoms. The van der Waals surface area contributed by atoms with E-state index in [1.165, 1.54) is 17.1 Å². The predicted octanol–water partition coefficient (Wildman–Crippen LogP) is -1.19. The summed E-state index contributed by atoms with van der Waals surface area (Å²) in [4.78, 5) is 14.2. The Labute approximate surface area is 105 Å². The van der Waals surface area contributed by atoms with Gasteiger partial charge in [-0.1, -0.05) is 0 Å². The number of carbonyl (C=O) groups is 1. The molecular formula is C6H12Cl2N4O3S. The molecule has 7 nitrogen and oxygen atoms in total. The molecule has 1 rings (SSSR count). The molecule has 1 aromatic heterocycles. The summed E-state index contributed by atoms with van der Waals surface area (Å²) in [6.07, 6.45) is 2.54. The van der Waals surface area contributed by atoms with Gasteiger partial charge in [0.05, 0.1) is 6.33 Å². The number of primary amides is 1. The van der Waals surface area contributed by atoms with Gasteiger partial charge in [0.2, 0.25) is 9.84 Å². The topological polar surface area (TPSA) is 121 Å². The molecule has 0 aliphatic heterocycles. The van der Waals surface area contributed by atoms with Crippen molar-refractivity contribution >= 4 is 40.6 Å². The van der Waals surface area contributed by atoms with Crippen molar-refractivity contribution in [3.63, 3.8) is 0 Å². The molecule has 0 fully saturated rings. The number of carbonyl (C=O) groups excluding carboxylic acids is 1. The minimum absolute atomic E-state index is 0. The third-order valence-electron chi connectivity index (χ3n) is 1.59.